The Morgan fingerprint density at radius 1 is 1.00 bits per heavy atom. The van der Waals surface area contributed by atoms with Gasteiger partial charge in [-0.15, -0.1) is 0 Å². The summed E-state index contributed by atoms with van der Waals surface area (Å²) in [7, 11) is 4.67. The number of rotatable bonds is 5. The Kier molecular flexibility index (Phi) is 4.77. The fourth-order valence-electron chi connectivity index (χ4n) is 1.54. The molecule has 0 N–H and O–H groups in total. The standard InChI is InChI=1S/C14H18O4/c1-9(10(2)15)6-11-7-12(16-3)14(18-5)13(8-11)17-4/h6-8H,1-5H3/b9-6-. The summed E-state index contributed by atoms with van der Waals surface area (Å²) in [5.74, 6) is 1.71. The van der Waals surface area contributed by atoms with Crippen molar-refractivity contribution in [2.24, 2.45) is 0 Å². The molecule has 0 aliphatic carbocycles. The summed E-state index contributed by atoms with van der Waals surface area (Å²) < 4.78 is 15.7. The Labute approximate surface area is 107 Å². The zero-order valence-electron chi connectivity index (χ0n) is 11.4. The molecule has 0 fully saturated rings. The number of ether oxygens (including phenoxy) is 3. The number of hydrogen-bond acceptors (Lipinski definition) is 4. The average molecular weight is 250 g/mol. The maximum Gasteiger partial charge on any atom is 0.203 e. The van der Waals surface area contributed by atoms with Gasteiger partial charge in [0, 0.05) is 0 Å². The fourth-order valence-corrected chi connectivity index (χ4v) is 1.54. The highest BCUT2D eigenvalue weighted by atomic mass is 16.5. The molecule has 0 radical (unpaired) electrons. The van der Waals surface area contributed by atoms with Crippen molar-refractivity contribution >= 4 is 11.9 Å². The number of carbonyl (C=O) groups excluding carboxylic acids is 1. The molecule has 0 unspecified atom stereocenters. The van der Waals surface area contributed by atoms with Crippen LogP contribution in [0.3, 0.4) is 0 Å². The minimum atomic E-state index is 0.0313. The van der Waals surface area contributed by atoms with Crippen molar-refractivity contribution < 1.29 is 19.0 Å². The second kappa shape index (κ2) is 6.10. The summed E-state index contributed by atoms with van der Waals surface area (Å²) in [6, 6.07) is 3.60. The van der Waals surface area contributed by atoms with E-state index in [1.807, 2.05) is 0 Å². The van der Waals surface area contributed by atoms with E-state index in [1.54, 1.807) is 46.5 Å². The van der Waals surface area contributed by atoms with Gasteiger partial charge in [-0.2, -0.15) is 0 Å². The lowest BCUT2D eigenvalue weighted by molar-refractivity contribution is -0.113. The molecule has 0 heterocycles. The van der Waals surface area contributed by atoms with Gasteiger partial charge in [0.1, 0.15) is 0 Å². The molecule has 4 heteroatoms. The topological polar surface area (TPSA) is 44.8 Å². The lowest BCUT2D eigenvalue weighted by Gasteiger charge is -2.13. The number of allylic oxidation sites excluding steroid dienone is 1. The molecule has 1 aromatic rings. The van der Waals surface area contributed by atoms with Crippen LogP contribution < -0.4 is 14.2 Å². The molecule has 0 amide bonds. The molecule has 0 aliphatic rings. The third kappa shape index (κ3) is 3.03. The van der Waals surface area contributed by atoms with Gasteiger partial charge >= 0.3 is 0 Å². The monoisotopic (exact) mass is 250 g/mol. The van der Waals surface area contributed by atoms with Crippen LogP contribution in [0.15, 0.2) is 17.7 Å². The largest absolute Gasteiger partial charge is 0.493 e. The van der Waals surface area contributed by atoms with E-state index >= 15 is 0 Å². The first-order valence-corrected chi connectivity index (χ1v) is 5.52. The fraction of sp³-hybridized carbons (Fsp3) is 0.357. The Morgan fingerprint density at radius 3 is 1.83 bits per heavy atom. The molecular formula is C14H18O4. The molecule has 0 bridgehead atoms. The van der Waals surface area contributed by atoms with Crippen LogP contribution in [-0.4, -0.2) is 27.1 Å². The summed E-state index contributed by atoms with van der Waals surface area (Å²) in [5, 5.41) is 0. The number of hydrogen-bond donors (Lipinski definition) is 0. The second-order valence-corrected chi connectivity index (χ2v) is 3.84. The van der Waals surface area contributed by atoms with Gasteiger partial charge in [-0.05, 0) is 43.2 Å². The summed E-state index contributed by atoms with van der Waals surface area (Å²) in [4.78, 5) is 11.2. The summed E-state index contributed by atoms with van der Waals surface area (Å²) in [6.45, 7) is 3.30. The maximum absolute atomic E-state index is 11.2. The van der Waals surface area contributed by atoms with Gasteiger partial charge in [0.05, 0.1) is 21.3 Å². The lowest BCUT2D eigenvalue weighted by Crippen LogP contribution is -1.96. The normalized spacial score (nSPS) is 11.1. The Morgan fingerprint density at radius 2 is 1.50 bits per heavy atom. The number of benzene rings is 1. The predicted octanol–water partition coefficient (Wildman–Crippen LogP) is 2.70. The predicted molar refractivity (Wildman–Crippen MR) is 70.4 cm³/mol. The van der Waals surface area contributed by atoms with Crippen LogP contribution in [0.5, 0.6) is 17.2 Å². The molecule has 4 nitrogen and oxygen atoms in total. The maximum atomic E-state index is 11.2. The van der Waals surface area contributed by atoms with Crippen LogP contribution in [0.4, 0.5) is 0 Å². The molecule has 1 aromatic carbocycles. The summed E-state index contributed by atoms with van der Waals surface area (Å²) >= 11 is 0. The number of Topliss-reactive ketones (excluding diaryl/α,β-unsaturated/α-hetero) is 1. The minimum absolute atomic E-state index is 0.0313. The van der Waals surface area contributed by atoms with Crippen molar-refractivity contribution in [1.82, 2.24) is 0 Å². The van der Waals surface area contributed by atoms with Gasteiger partial charge < -0.3 is 14.2 Å². The van der Waals surface area contributed by atoms with Gasteiger partial charge in [-0.3, -0.25) is 4.79 Å². The lowest BCUT2D eigenvalue weighted by atomic mass is 10.1. The van der Waals surface area contributed by atoms with Crippen molar-refractivity contribution in [2.75, 3.05) is 21.3 Å². The van der Waals surface area contributed by atoms with E-state index < -0.39 is 0 Å². The first kappa shape index (κ1) is 14.1. The molecule has 0 aliphatic heterocycles. The zero-order valence-corrected chi connectivity index (χ0v) is 11.4. The van der Waals surface area contributed by atoms with Crippen molar-refractivity contribution in [3.63, 3.8) is 0 Å². The van der Waals surface area contributed by atoms with Crippen molar-refractivity contribution in [3.05, 3.63) is 23.3 Å². The summed E-state index contributed by atoms with van der Waals surface area (Å²) in [5.41, 5.74) is 1.50. The van der Waals surface area contributed by atoms with Crippen LogP contribution in [0.2, 0.25) is 0 Å². The van der Waals surface area contributed by atoms with E-state index in [2.05, 4.69) is 0 Å². The first-order valence-electron chi connectivity index (χ1n) is 5.52. The van der Waals surface area contributed by atoms with Gasteiger partial charge in [-0.1, -0.05) is 0 Å². The third-order valence-electron chi connectivity index (χ3n) is 2.63. The van der Waals surface area contributed by atoms with Gasteiger partial charge in [0.25, 0.3) is 0 Å². The molecule has 0 saturated heterocycles. The van der Waals surface area contributed by atoms with Gasteiger partial charge in [0.2, 0.25) is 5.75 Å². The molecule has 18 heavy (non-hydrogen) atoms. The smallest absolute Gasteiger partial charge is 0.203 e. The van der Waals surface area contributed by atoms with Crippen LogP contribution in [-0.2, 0) is 4.79 Å². The molecule has 0 aromatic heterocycles. The van der Waals surface area contributed by atoms with Crippen molar-refractivity contribution in [1.29, 1.82) is 0 Å². The Hall–Kier alpha value is -1.97. The highest BCUT2D eigenvalue weighted by molar-refractivity contribution is 5.97. The molecule has 0 spiro atoms. The summed E-state index contributed by atoms with van der Waals surface area (Å²) in [6.07, 6.45) is 1.78. The van der Waals surface area contributed by atoms with Gasteiger partial charge in [0.15, 0.2) is 17.3 Å². The molecule has 1 rings (SSSR count). The van der Waals surface area contributed by atoms with Gasteiger partial charge in [-0.25, -0.2) is 0 Å². The van der Waals surface area contributed by atoms with Crippen LogP contribution >= 0.6 is 0 Å². The number of carbonyl (C=O) groups is 1. The van der Waals surface area contributed by atoms with E-state index in [1.165, 1.54) is 6.92 Å². The SMILES string of the molecule is COc1cc(/C=C(/C)C(C)=O)cc(OC)c1OC. The molecule has 0 saturated carbocycles. The molecular weight excluding hydrogens is 232 g/mol. The van der Waals surface area contributed by atoms with E-state index in [4.69, 9.17) is 14.2 Å². The quantitative estimate of drug-likeness (QED) is 0.754. The van der Waals surface area contributed by atoms with Crippen LogP contribution in [0, 0.1) is 0 Å². The van der Waals surface area contributed by atoms with E-state index in [0.717, 1.165) is 5.56 Å². The van der Waals surface area contributed by atoms with Crippen molar-refractivity contribution in [3.8, 4) is 17.2 Å². The molecule has 0 atom stereocenters. The third-order valence-corrected chi connectivity index (χ3v) is 2.63. The van der Waals surface area contributed by atoms with E-state index in [-0.39, 0.29) is 5.78 Å². The first-order chi connectivity index (χ1) is 8.53. The van der Waals surface area contributed by atoms with Crippen molar-refractivity contribution in [2.45, 2.75) is 13.8 Å². The zero-order chi connectivity index (χ0) is 13.7. The average Bonchev–Trinajstić information content (AvgIpc) is 2.37. The Balaban J connectivity index is 3.32. The number of ketones is 1. The Bertz CT molecular complexity index is 450. The second-order valence-electron chi connectivity index (χ2n) is 3.84. The number of methoxy groups -OCH3 is 3. The van der Waals surface area contributed by atoms with Crippen LogP contribution in [0.1, 0.15) is 19.4 Å². The van der Waals surface area contributed by atoms with E-state index in [9.17, 15) is 4.79 Å². The highest BCUT2D eigenvalue weighted by Gasteiger charge is 2.12. The highest BCUT2D eigenvalue weighted by Crippen LogP contribution is 2.38. The minimum Gasteiger partial charge on any atom is -0.493 e. The molecule has 98 valence electrons. The van der Waals surface area contributed by atoms with Crippen LogP contribution in [0.25, 0.3) is 6.08 Å². The van der Waals surface area contributed by atoms with E-state index in [0.29, 0.717) is 22.8 Å².